The van der Waals surface area contributed by atoms with Crippen molar-refractivity contribution in [3.8, 4) is 0 Å². The molecule has 0 saturated heterocycles. The van der Waals surface area contributed by atoms with Gasteiger partial charge in [-0.15, -0.1) is 11.3 Å². The molecule has 1 aliphatic carbocycles. The summed E-state index contributed by atoms with van der Waals surface area (Å²) >= 11 is 1.29. The molecule has 0 aliphatic heterocycles. The van der Waals surface area contributed by atoms with Gasteiger partial charge in [-0.1, -0.05) is 0 Å². The van der Waals surface area contributed by atoms with Gasteiger partial charge in [0, 0.05) is 11.3 Å². The molecule has 5 nitrogen and oxygen atoms in total. The lowest BCUT2D eigenvalue weighted by Gasteiger charge is -2.09. The van der Waals surface area contributed by atoms with Crippen molar-refractivity contribution in [1.82, 2.24) is 4.98 Å². The van der Waals surface area contributed by atoms with Crippen molar-refractivity contribution < 1.29 is 13.5 Å². The number of anilines is 1. The van der Waals surface area contributed by atoms with E-state index in [4.69, 9.17) is 5.11 Å². The maximum atomic E-state index is 11.6. The summed E-state index contributed by atoms with van der Waals surface area (Å²) in [7, 11) is -3.51. The van der Waals surface area contributed by atoms with Crippen LogP contribution in [-0.2, 0) is 10.0 Å². The van der Waals surface area contributed by atoms with Gasteiger partial charge in [-0.3, -0.25) is 4.72 Å². The van der Waals surface area contributed by atoms with Crippen LogP contribution in [0.3, 0.4) is 0 Å². The third-order valence-corrected chi connectivity index (χ3v) is 5.13. The van der Waals surface area contributed by atoms with Gasteiger partial charge in [-0.25, -0.2) is 13.4 Å². The first-order valence-electron chi connectivity index (χ1n) is 5.11. The standard InChI is InChI=1S/C9H14N2O3S2/c1-6(4-12)16(13,14)11-9-10-8(5-15-9)7-2-3-7/h5-7,12H,2-4H2,1H3,(H,10,11). The monoisotopic (exact) mass is 262 g/mol. The van der Waals surface area contributed by atoms with E-state index in [9.17, 15) is 8.42 Å². The number of aliphatic hydroxyl groups excluding tert-OH is 1. The quantitative estimate of drug-likeness (QED) is 0.834. The van der Waals surface area contributed by atoms with Gasteiger partial charge in [-0.2, -0.15) is 0 Å². The summed E-state index contributed by atoms with van der Waals surface area (Å²) in [4.78, 5) is 4.22. The minimum absolute atomic E-state index is 0.391. The molecule has 1 aliphatic rings. The SMILES string of the molecule is CC(CO)S(=O)(=O)Nc1nc(C2CC2)cs1. The fourth-order valence-corrected chi connectivity index (χ4v) is 3.08. The van der Waals surface area contributed by atoms with Gasteiger partial charge in [0.15, 0.2) is 5.13 Å². The average Bonchev–Trinajstić information content (AvgIpc) is 2.99. The van der Waals surface area contributed by atoms with Crippen molar-refractivity contribution in [2.75, 3.05) is 11.3 Å². The molecule has 0 aromatic carbocycles. The number of hydrogen-bond acceptors (Lipinski definition) is 5. The average molecular weight is 262 g/mol. The Morgan fingerprint density at radius 2 is 2.38 bits per heavy atom. The summed E-state index contributed by atoms with van der Waals surface area (Å²) in [5, 5.41) is 10.3. The summed E-state index contributed by atoms with van der Waals surface area (Å²) in [6.45, 7) is 1.06. The third kappa shape index (κ3) is 2.53. The van der Waals surface area contributed by atoms with Crippen LogP contribution in [0.1, 0.15) is 31.4 Å². The number of nitrogens with one attached hydrogen (secondary N) is 1. The van der Waals surface area contributed by atoms with Crippen LogP contribution in [0.2, 0.25) is 0 Å². The van der Waals surface area contributed by atoms with Crippen LogP contribution in [0.15, 0.2) is 5.38 Å². The van der Waals surface area contributed by atoms with E-state index in [1.165, 1.54) is 18.3 Å². The lowest BCUT2D eigenvalue weighted by molar-refractivity contribution is 0.296. The smallest absolute Gasteiger partial charge is 0.239 e. The van der Waals surface area contributed by atoms with Gasteiger partial charge in [0.05, 0.1) is 12.3 Å². The summed E-state index contributed by atoms with van der Waals surface area (Å²) in [5.41, 5.74) is 0.972. The second-order valence-electron chi connectivity index (χ2n) is 3.99. The number of aliphatic hydroxyl groups is 1. The highest BCUT2D eigenvalue weighted by molar-refractivity contribution is 7.93. The molecule has 0 bridgehead atoms. The van der Waals surface area contributed by atoms with Gasteiger partial charge in [0.2, 0.25) is 10.0 Å². The predicted molar refractivity (Wildman–Crippen MR) is 63.2 cm³/mol. The van der Waals surface area contributed by atoms with Crippen molar-refractivity contribution in [2.45, 2.75) is 30.9 Å². The molecule has 90 valence electrons. The fourth-order valence-electron chi connectivity index (χ4n) is 1.22. The van der Waals surface area contributed by atoms with Gasteiger partial charge in [-0.05, 0) is 19.8 Å². The van der Waals surface area contributed by atoms with E-state index in [1.54, 1.807) is 0 Å². The van der Waals surface area contributed by atoms with Crippen LogP contribution in [0.4, 0.5) is 5.13 Å². The molecule has 1 heterocycles. The number of rotatable bonds is 5. The third-order valence-electron chi connectivity index (χ3n) is 2.53. The van der Waals surface area contributed by atoms with E-state index in [1.807, 2.05) is 5.38 Å². The van der Waals surface area contributed by atoms with Crippen LogP contribution in [-0.4, -0.2) is 30.4 Å². The minimum Gasteiger partial charge on any atom is -0.395 e. The Labute approximate surface area is 98.6 Å². The molecule has 1 fully saturated rings. The number of aromatic nitrogens is 1. The highest BCUT2D eigenvalue weighted by Gasteiger charge is 2.27. The first-order valence-corrected chi connectivity index (χ1v) is 7.53. The molecule has 1 unspecified atom stereocenters. The molecular weight excluding hydrogens is 248 g/mol. The molecule has 2 N–H and O–H groups in total. The van der Waals surface area contributed by atoms with E-state index >= 15 is 0 Å². The van der Waals surface area contributed by atoms with Gasteiger partial charge in [0.25, 0.3) is 0 Å². The Balaban J connectivity index is 2.07. The molecule has 2 rings (SSSR count). The molecule has 1 atom stereocenters. The van der Waals surface area contributed by atoms with Gasteiger partial charge >= 0.3 is 0 Å². The van der Waals surface area contributed by atoms with E-state index in [0.29, 0.717) is 11.0 Å². The number of nitrogens with zero attached hydrogens (tertiary/aromatic N) is 1. The Morgan fingerprint density at radius 1 is 1.69 bits per heavy atom. The molecule has 7 heteroatoms. The van der Waals surface area contributed by atoms with Crippen LogP contribution in [0.25, 0.3) is 0 Å². The normalized spacial score (nSPS) is 18.4. The van der Waals surface area contributed by atoms with E-state index in [2.05, 4.69) is 9.71 Å². The second-order valence-corrected chi connectivity index (χ2v) is 6.95. The highest BCUT2D eigenvalue weighted by Crippen LogP contribution is 2.41. The van der Waals surface area contributed by atoms with E-state index in [0.717, 1.165) is 18.5 Å². The van der Waals surface area contributed by atoms with Crippen molar-refractivity contribution >= 4 is 26.5 Å². The van der Waals surface area contributed by atoms with Crippen molar-refractivity contribution in [2.24, 2.45) is 0 Å². The predicted octanol–water partition coefficient (Wildman–Crippen LogP) is 1.14. The number of thiazole rings is 1. The van der Waals surface area contributed by atoms with Crippen molar-refractivity contribution in [3.05, 3.63) is 11.1 Å². The zero-order chi connectivity index (χ0) is 11.8. The first kappa shape index (κ1) is 11.8. The van der Waals surface area contributed by atoms with Crippen LogP contribution >= 0.6 is 11.3 Å². The summed E-state index contributed by atoms with van der Waals surface area (Å²) in [6, 6.07) is 0. The molecule has 1 aromatic rings. The summed E-state index contributed by atoms with van der Waals surface area (Å²) in [5.74, 6) is 0.518. The largest absolute Gasteiger partial charge is 0.395 e. The van der Waals surface area contributed by atoms with E-state index < -0.39 is 21.9 Å². The summed E-state index contributed by atoms with van der Waals surface area (Å²) in [6.07, 6.45) is 2.28. The van der Waals surface area contributed by atoms with Crippen molar-refractivity contribution in [1.29, 1.82) is 0 Å². The molecule has 0 radical (unpaired) electrons. The molecule has 1 aromatic heterocycles. The molecule has 0 spiro atoms. The second kappa shape index (κ2) is 4.31. The lowest BCUT2D eigenvalue weighted by Crippen LogP contribution is -2.28. The van der Waals surface area contributed by atoms with Gasteiger partial charge < -0.3 is 5.11 Å². The molecular formula is C9H14N2O3S2. The molecule has 0 amide bonds. The molecule has 1 saturated carbocycles. The van der Waals surface area contributed by atoms with Crippen LogP contribution in [0.5, 0.6) is 0 Å². The zero-order valence-electron chi connectivity index (χ0n) is 8.88. The number of sulfonamides is 1. The first-order chi connectivity index (χ1) is 7.53. The highest BCUT2D eigenvalue weighted by atomic mass is 32.2. The fraction of sp³-hybridized carbons (Fsp3) is 0.667. The topological polar surface area (TPSA) is 79.3 Å². The maximum Gasteiger partial charge on any atom is 0.239 e. The van der Waals surface area contributed by atoms with Crippen LogP contribution < -0.4 is 4.72 Å². The lowest BCUT2D eigenvalue weighted by atomic mass is 10.3. The van der Waals surface area contributed by atoms with E-state index in [-0.39, 0.29) is 0 Å². The Bertz CT molecular complexity index is 465. The molecule has 16 heavy (non-hydrogen) atoms. The van der Waals surface area contributed by atoms with Crippen LogP contribution in [0, 0.1) is 0 Å². The number of hydrogen-bond donors (Lipinski definition) is 2. The summed E-state index contributed by atoms with van der Waals surface area (Å²) < 4.78 is 25.6. The minimum atomic E-state index is -3.51. The van der Waals surface area contributed by atoms with Gasteiger partial charge in [0.1, 0.15) is 5.25 Å². The zero-order valence-corrected chi connectivity index (χ0v) is 10.5. The Hall–Kier alpha value is -0.660. The maximum absolute atomic E-state index is 11.6. The van der Waals surface area contributed by atoms with Crippen molar-refractivity contribution in [3.63, 3.8) is 0 Å². The Morgan fingerprint density at radius 3 is 2.94 bits per heavy atom. The Kier molecular flexibility index (Phi) is 3.18.